The van der Waals surface area contributed by atoms with Crippen LogP contribution in [-0.4, -0.2) is 55.0 Å². The highest BCUT2D eigenvalue weighted by atomic mass is 19.1. The molecule has 0 aromatic heterocycles. The number of halogens is 1. The zero-order valence-corrected chi connectivity index (χ0v) is 14.5. The van der Waals surface area contributed by atoms with Crippen LogP contribution in [0.2, 0.25) is 0 Å². The van der Waals surface area contributed by atoms with Gasteiger partial charge in [-0.05, 0) is 70.1 Å². The molecule has 0 aliphatic carbocycles. The average molecular weight is 333 g/mol. The minimum Gasteiger partial charge on any atom is -0.353 e. The van der Waals surface area contributed by atoms with Gasteiger partial charge in [0.25, 0.3) is 0 Å². The molecule has 0 unspecified atom stereocenters. The van der Waals surface area contributed by atoms with Crippen LogP contribution in [0, 0.1) is 11.7 Å². The van der Waals surface area contributed by atoms with Crippen molar-refractivity contribution >= 4 is 5.91 Å². The van der Waals surface area contributed by atoms with Crippen LogP contribution in [0.3, 0.4) is 0 Å². The Balaban J connectivity index is 1.49. The number of nitrogens with one attached hydrogen (secondary N) is 1. The van der Waals surface area contributed by atoms with Crippen molar-refractivity contribution in [2.24, 2.45) is 5.92 Å². The first-order valence-corrected chi connectivity index (χ1v) is 9.06. The lowest BCUT2D eigenvalue weighted by Gasteiger charge is -2.34. The monoisotopic (exact) mass is 333 g/mol. The largest absolute Gasteiger partial charge is 0.353 e. The van der Waals surface area contributed by atoms with E-state index in [0.717, 1.165) is 64.0 Å². The highest BCUT2D eigenvalue weighted by Gasteiger charge is 2.28. The predicted molar refractivity (Wildman–Crippen MR) is 93.1 cm³/mol. The molecule has 2 aliphatic heterocycles. The van der Waals surface area contributed by atoms with Crippen LogP contribution >= 0.6 is 0 Å². The van der Waals surface area contributed by atoms with E-state index in [9.17, 15) is 9.18 Å². The van der Waals surface area contributed by atoms with Gasteiger partial charge in [0.05, 0.1) is 5.92 Å². The molecule has 2 fully saturated rings. The molecule has 0 saturated carbocycles. The fourth-order valence-corrected chi connectivity index (χ4v) is 3.73. The molecule has 1 N–H and O–H groups in total. The fourth-order valence-electron chi connectivity index (χ4n) is 3.73. The molecule has 4 nitrogen and oxygen atoms in total. The second-order valence-electron chi connectivity index (χ2n) is 7.29. The molecule has 5 heteroatoms. The molecule has 1 amide bonds. The van der Waals surface area contributed by atoms with Gasteiger partial charge in [0, 0.05) is 19.1 Å². The highest BCUT2D eigenvalue weighted by molar-refractivity contribution is 5.79. The minimum absolute atomic E-state index is 0.0823. The second kappa shape index (κ2) is 8.08. The van der Waals surface area contributed by atoms with E-state index in [1.165, 1.54) is 12.1 Å². The smallest absolute Gasteiger partial charge is 0.224 e. The molecule has 1 aromatic rings. The second-order valence-corrected chi connectivity index (χ2v) is 7.29. The first-order valence-electron chi connectivity index (χ1n) is 9.06. The predicted octanol–water partition coefficient (Wildman–Crippen LogP) is 2.25. The third-order valence-electron chi connectivity index (χ3n) is 5.26. The Bertz CT molecular complexity index is 540. The lowest BCUT2D eigenvalue weighted by molar-refractivity contribution is -0.127. The van der Waals surface area contributed by atoms with E-state index in [-0.39, 0.29) is 17.6 Å². The number of likely N-dealkylation sites (tertiary alicyclic amines) is 2. The summed E-state index contributed by atoms with van der Waals surface area (Å²) < 4.78 is 13.0. The van der Waals surface area contributed by atoms with Crippen LogP contribution in [0.4, 0.5) is 4.39 Å². The van der Waals surface area contributed by atoms with Crippen LogP contribution < -0.4 is 5.32 Å². The summed E-state index contributed by atoms with van der Waals surface area (Å²) in [6.07, 6.45) is 4.12. The summed E-state index contributed by atoms with van der Waals surface area (Å²) in [5, 5.41) is 3.26. The Hall–Kier alpha value is -1.46. The number of benzene rings is 1. The van der Waals surface area contributed by atoms with Gasteiger partial charge in [0.15, 0.2) is 0 Å². The molecular formula is C19H28FN3O. The normalized spacial score (nSPS) is 24.0. The van der Waals surface area contributed by atoms with Gasteiger partial charge in [-0.15, -0.1) is 0 Å². The Labute approximate surface area is 144 Å². The summed E-state index contributed by atoms with van der Waals surface area (Å²) in [5.41, 5.74) is 1.10. The number of piperidine rings is 2. The Morgan fingerprint density at radius 2 is 1.88 bits per heavy atom. The van der Waals surface area contributed by atoms with Gasteiger partial charge >= 0.3 is 0 Å². The van der Waals surface area contributed by atoms with Crippen molar-refractivity contribution in [2.45, 2.75) is 38.3 Å². The quantitative estimate of drug-likeness (QED) is 0.918. The van der Waals surface area contributed by atoms with E-state index in [0.29, 0.717) is 6.04 Å². The lowest BCUT2D eigenvalue weighted by atomic mass is 9.95. The van der Waals surface area contributed by atoms with Gasteiger partial charge in [-0.25, -0.2) is 4.39 Å². The molecule has 2 aliphatic rings. The topological polar surface area (TPSA) is 35.6 Å². The zero-order valence-electron chi connectivity index (χ0n) is 14.5. The third kappa shape index (κ3) is 4.77. The van der Waals surface area contributed by atoms with Gasteiger partial charge in [0.1, 0.15) is 5.82 Å². The maximum Gasteiger partial charge on any atom is 0.224 e. The fraction of sp³-hybridized carbons (Fsp3) is 0.632. The van der Waals surface area contributed by atoms with Gasteiger partial charge in [-0.2, -0.15) is 0 Å². The van der Waals surface area contributed by atoms with Crippen LogP contribution in [-0.2, 0) is 11.3 Å². The number of hydrogen-bond acceptors (Lipinski definition) is 3. The molecule has 2 heterocycles. The molecule has 24 heavy (non-hydrogen) atoms. The van der Waals surface area contributed by atoms with Gasteiger partial charge in [0.2, 0.25) is 5.91 Å². The summed E-state index contributed by atoms with van der Waals surface area (Å²) in [6, 6.07) is 7.00. The molecule has 1 atom stereocenters. The minimum atomic E-state index is -0.201. The standard InChI is InChI=1S/C19H28FN3O/c1-22-11-8-18(9-12-22)21-19(24)16-3-2-10-23(14-16)13-15-4-6-17(20)7-5-15/h4-7,16,18H,2-3,8-14H2,1H3,(H,21,24)/t16-/m1/s1. The van der Waals surface area contributed by atoms with Crippen LogP contribution in [0.5, 0.6) is 0 Å². The van der Waals surface area contributed by atoms with E-state index in [4.69, 9.17) is 0 Å². The SMILES string of the molecule is CN1CCC(NC(=O)[C@@H]2CCCN(Cc3ccc(F)cc3)C2)CC1. The van der Waals surface area contributed by atoms with Crippen molar-refractivity contribution in [3.63, 3.8) is 0 Å². The highest BCUT2D eigenvalue weighted by Crippen LogP contribution is 2.20. The summed E-state index contributed by atoms with van der Waals surface area (Å²) in [4.78, 5) is 17.2. The molecule has 1 aromatic carbocycles. The van der Waals surface area contributed by atoms with E-state index in [2.05, 4.69) is 22.2 Å². The van der Waals surface area contributed by atoms with E-state index >= 15 is 0 Å². The van der Waals surface area contributed by atoms with Gasteiger partial charge in [-0.1, -0.05) is 12.1 Å². The maximum atomic E-state index is 13.0. The molecule has 2 saturated heterocycles. The van der Waals surface area contributed by atoms with Crippen molar-refractivity contribution in [1.82, 2.24) is 15.1 Å². The van der Waals surface area contributed by atoms with E-state index < -0.39 is 0 Å². The first-order chi connectivity index (χ1) is 11.6. The molecular weight excluding hydrogens is 305 g/mol. The molecule has 0 spiro atoms. The van der Waals surface area contributed by atoms with Crippen LogP contribution in [0.15, 0.2) is 24.3 Å². The average Bonchev–Trinajstić information content (AvgIpc) is 2.59. The van der Waals surface area contributed by atoms with E-state index in [1.54, 1.807) is 0 Å². The van der Waals surface area contributed by atoms with Crippen molar-refractivity contribution in [2.75, 3.05) is 33.2 Å². The van der Waals surface area contributed by atoms with Crippen LogP contribution in [0.25, 0.3) is 0 Å². The number of rotatable bonds is 4. The van der Waals surface area contributed by atoms with E-state index in [1.807, 2.05) is 12.1 Å². The van der Waals surface area contributed by atoms with Crippen molar-refractivity contribution in [3.05, 3.63) is 35.6 Å². The summed E-state index contributed by atoms with van der Waals surface area (Å²) in [7, 11) is 2.13. The first kappa shape index (κ1) is 17.4. The number of nitrogens with zero attached hydrogens (tertiary/aromatic N) is 2. The molecule has 0 radical (unpaired) electrons. The number of carbonyl (C=O) groups is 1. The zero-order chi connectivity index (χ0) is 16.9. The Morgan fingerprint density at radius 3 is 2.58 bits per heavy atom. The van der Waals surface area contributed by atoms with Crippen LogP contribution in [0.1, 0.15) is 31.2 Å². The number of amides is 1. The summed E-state index contributed by atoms with van der Waals surface area (Å²) in [5.74, 6) is 0.0972. The molecule has 3 rings (SSSR count). The Morgan fingerprint density at radius 1 is 1.17 bits per heavy atom. The lowest BCUT2D eigenvalue weighted by Crippen LogP contribution is -2.48. The Kier molecular flexibility index (Phi) is 5.85. The maximum absolute atomic E-state index is 13.0. The van der Waals surface area contributed by atoms with Crippen molar-refractivity contribution in [3.8, 4) is 0 Å². The number of hydrogen-bond donors (Lipinski definition) is 1. The third-order valence-corrected chi connectivity index (χ3v) is 5.26. The van der Waals surface area contributed by atoms with Crippen molar-refractivity contribution < 1.29 is 9.18 Å². The van der Waals surface area contributed by atoms with Gasteiger partial charge in [-0.3, -0.25) is 9.69 Å². The number of carbonyl (C=O) groups excluding carboxylic acids is 1. The van der Waals surface area contributed by atoms with Gasteiger partial charge < -0.3 is 10.2 Å². The summed E-state index contributed by atoms with van der Waals surface area (Å²) >= 11 is 0. The molecule has 0 bridgehead atoms. The molecule has 132 valence electrons. The van der Waals surface area contributed by atoms with Crippen molar-refractivity contribution in [1.29, 1.82) is 0 Å². The summed E-state index contributed by atoms with van der Waals surface area (Å²) in [6.45, 7) is 4.72.